The van der Waals surface area contributed by atoms with Gasteiger partial charge in [-0.25, -0.2) is 0 Å². The SMILES string of the molecule is CN(C(=O)CN(NC(=O)c1cc([N+](=O)[O-])cc([N+](=O)[O-])c1)c1ccccc1)c1ccc(CN)cc1. The van der Waals surface area contributed by atoms with E-state index in [1.807, 2.05) is 0 Å². The van der Waals surface area contributed by atoms with Gasteiger partial charge in [0.25, 0.3) is 17.3 Å². The summed E-state index contributed by atoms with van der Waals surface area (Å²) in [6.07, 6.45) is 0. The van der Waals surface area contributed by atoms with Gasteiger partial charge in [0.05, 0.1) is 27.2 Å². The molecule has 3 rings (SSSR count). The first-order valence-electron chi connectivity index (χ1n) is 10.3. The van der Waals surface area contributed by atoms with Crippen molar-refractivity contribution >= 4 is 34.6 Å². The normalized spacial score (nSPS) is 10.3. The summed E-state index contributed by atoms with van der Waals surface area (Å²) in [5.74, 6) is -1.23. The second-order valence-electron chi connectivity index (χ2n) is 7.44. The van der Waals surface area contributed by atoms with E-state index in [1.165, 1.54) is 9.91 Å². The van der Waals surface area contributed by atoms with Crippen molar-refractivity contribution in [1.29, 1.82) is 0 Å². The van der Waals surface area contributed by atoms with Gasteiger partial charge < -0.3 is 10.6 Å². The van der Waals surface area contributed by atoms with Gasteiger partial charge in [-0.15, -0.1) is 0 Å². The molecule has 3 N–H and O–H groups in total. The average Bonchev–Trinajstić information content (AvgIpc) is 2.87. The molecular formula is C23H22N6O6. The number of benzene rings is 3. The zero-order valence-corrected chi connectivity index (χ0v) is 18.7. The number of hydrogen-bond donors (Lipinski definition) is 2. The summed E-state index contributed by atoms with van der Waals surface area (Å²) < 4.78 is 0. The van der Waals surface area contributed by atoms with E-state index in [1.54, 1.807) is 61.6 Å². The molecule has 0 fully saturated rings. The summed E-state index contributed by atoms with van der Waals surface area (Å²) in [5, 5.41) is 23.6. The third-order valence-electron chi connectivity index (χ3n) is 5.12. The Kier molecular flexibility index (Phi) is 7.69. The van der Waals surface area contributed by atoms with Gasteiger partial charge in [0.15, 0.2) is 0 Å². The number of hydrazine groups is 1. The van der Waals surface area contributed by atoms with E-state index in [9.17, 15) is 29.8 Å². The van der Waals surface area contributed by atoms with Crippen LogP contribution < -0.4 is 21.1 Å². The van der Waals surface area contributed by atoms with Crippen molar-refractivity contribution in [3.05, 3.63) is 104 Å². The van der Waals surface area contributed by atoms with Crippen LogP contribution in [0.25, 0.3) is 0 Å². The van der Waals surface area contributed by atoms with Gasteiger partial charge in [0.2, 0.25) is 5.91 Å². The first kappa shape index (κ1) is 24.8. The molecule has 0 aliphatic rings. The molecular weight excluding hydrogens is 456 g/mol. The van der Waals surface area contributed by atoms with E-state index >= 15 is 0 Å². The molecule has 0 bridgehead atoms. The maximum atomic E-state index is 13.0. The van der Waals surface area contributed by atoms with Crippen LogP contribution in [0.5, 0.6) is 0 Å². The van der Waals surface area contributed by atoms with Crippen molar-refractivity contribution in [3.63, 3.8) is 0 Å². The maximum Gasteiger partial charge on any atom is 0.277 e. The molecule has 12 heteroatoms. The fourth-order valence-corrected chi connectivity index (χ4v) is 3.17. The molecule has 0 radical (unpaired) electrons. The van der Waals surface area contributed by atoms with Gasteiger partial charge >= 0.3 is 0 Å². The van der Waals surface area contributed by atoms with Gasteiger partial charge in [0.1, 0.15) is 6.54 Å². The molecule has 0 spiro atoms. The van der Waals surface area contributed by atoms with E-state index < -0.39 is 27.1 Å². The summed E-state index contributed by atoms with van der Waals surface area (Å²) >= 11 is 0. The van der Waals surface area contributed by atoms with Crippen molar-refractivity contribution in [2.24, 2.45) is 5.73 Å². The minimum absolute atomic E-state index is 0.290. The molecule has 0 atom stereocenters. The Bertz CT molecular complexity index is 1220. The second-order valence-corrected chi connectivity index (χ2v) is 7.44. The van der Waals surface area contributed by atoms with Crippen LogP contribution in [-0.4, -0.2) is 35.3 Å². The highest BCUT2D eigenvalue weighted by atomic mass is 16.6. The summed E-state index contributed by atoms with van der Waals surface area (Å²) in [5.41, 5.74) is 8.60. The molecule has 2 amide bonds. The lowest BCUT2D eigenvalue weighted by Gasteiger charge is -2.27. The molecule has 0 unspecified atom stereocenters. The maximum absolute atomic E-state index is 13.0. The second kappa shape index (κ2) is 10.9. The van der Waals surface area contributed by atoms with Gasteiger partial charge in [-0.3, -0.25) is 40.3 Å². The number of rotatable bonds is 9. The Morgan fingerprint density at radius 1 is 0.886 bits per heavy atom. The standard InChI is InChI=1S/C23H22N6O6/c1-26(18-9-7-16(14-24)8-10-18)22(30)15-27(19-5-3-2-4-6-19)25-23(31)17-11-20(28(32)33)13-21(12-17)29(34)35/h2-13H,14-15,24H2,1H3,(H,25,31). The highest BCUT2D eigenvalue weighted by Gasteiger charge is 2.23. The predicted octanol–water partition coefficient (Wildman–Crippen LogP) is 2.78. The molecule has 180 valence electrons. The number of carbonyl (C=O) groups excluding carboxylic acids is 2. The van der Waals surface area contributed by atoms with Crippen LogP contribution in [0.15, 0.2) is 72.8 Å². The molecule has 0 heterocycles. The molecule has 0 saturated carbocycles. The number of amides is 2. The fourth-order valence-electron chi connectivity index (χ4n) is 3.17. The number of nitrogens with two attached hydrogens (primary N) is 1. The number of hydrogen-bond acceptors (Lipinski definition) is 8. The monoisotopic (exact) mass is 478 g/mol. The van der Waals surface area contributed by atoms with E-state index in [2.05, 4.69) is 5.43 Å². The minimum atomic E-state index is -0.858. The van der Waals surface area contributed by atoms with Gasteiger partial charge in [-0.2, -0.15) is 0 Å². The predicted molar refractivity (Wildman–Crippen MR) is 129 cm³/mol. The van der Waals surface area contributed by atoms with Crippen molar-refractivity contribution < 1.29 is 19.4 Å². The summed E-state index contributed by atoms with van der Waals surface area (Å²) in [7, 11) is 1.58. The topological polar surface area (TPSA) is 165 Å². The summed E-state index contributed by atoms with van der Waals surface area (Å²) in [6, 6.07) is 18.2. The molecule has 35 heavy (non-hydrogen) atoms. The molecule has 3 aromatic carbocycles. The number of nitro benzene ring substituents is 2. The van der Waals surface area contributed by atoms with Crippen molar-refractivity contribution in [2.45, 2.75) is 6.54 Å². The van der Waals surface area contributed by atoms with E-state index in [0.29, 0.717) is 17.9 Å². The van der Waals surface area contributed by atoms with Crippen LogP contribution in [0, 0.1) is 20.2 Å². The van der Waals surface area contributed by atoms with E-state index in [0.717, 1.165) is 23.8 Å². The molecule has 0 aliphatic heterocycles. The molecule has 0 aliphatic carbocycles. The number of anilines is 2. The van der Waals surface area contributed by atoms with Gasteiger partial charge in [-0.1, -0.05) is 30.3 Å². The number of carbonyl (C=O) groups is 2. The molecule has 12 nitrogen and oxygen atoms in total. The molecule has 0 aromatic heterocycles. The summed E-state index contributed by atoms with van der Waals surface area (Å²) in [4.78, 5) is 48.0. The van der Waals surface area contributed by atoms with Crippen molar-refractivity contribution in [3.8, 4) is 0 Å². The number of nitrogens with one attached hydrogen (secondary N) is 1. The van der Waals surface area contributed by atoms with Gasteiger partial charge in [-0.05, 0) is 29.8 Å². The number of nitro groups is 2. The Morgan fingerprint density at radius 3 is 1.97 bits per heavy atom. The Labute approximate surface area is 199 Å². The Balaban J connectivity index is 1.87. The first-order chi connectivity index (χ1) is 16.7. The third-order valence-corrected chi connectivity index (χ3v) is 5.12. The fraction of sp³-hybridized carbons (Fsp3) is 0.130. The van der Waals surface area contributed by atoms with Crippen molar-refractivity contribution in [2.75, 3.05) is 23.5 Å². The number of nitrogens with zero attached hydrogens (tertiary/aromatic N) is 4. The quantitative estimate of drug-likeness (QED) is 0.350. The number of para-hydroxylation sites is 1. The number of non-ortho nitro benzene ring substituents is 2. The highest BCUT2D eigenvalue weighted by Crippen LogP contribution is 2.23. The van der Waals surface area contributed by atoms with Crippen LogP contribution in [0.1, 0.15) is 15.9 Å². The average molecular weight is 478 g/mol. The van der Waals surface area contributed by atoms with Crippen LogP contribution in [0.2, 0.25) is 0 Å². The Morgan fingerprint density at radius 2 is 1.46 bits per heavy atom. The van der Waals surface area contributed by atoms with Gasteiger partial charge in [0, 0.05) is 31.4 Å². The van der Waals surface area contributed by atoms with Crippen LogP contribution in [-0.2, 0) is 11.3 Å². The summed E-state index contributed by atoms with van der Waals surface area (Å²) in [6.45, 7) is 0.0729. The van der Waals surface area contributed by atoms with Crippen LogP contribution in [0.3, 0.4) is 0 Å². The lowest BCUT2D eigenvalue weighted by atomic mass is 10.1. The zero-order valence-electron chi connectivity index (χ0n) is 18.7. The van der Waals surface area contributed by atoms with E-state index in [-0.39, 0.29) is 18.0 Å². The minimum Gasteiger partial charge on any atom is -0.326 e. The molecule has 3 aromatic rings. The third kappa shape index (κ3) is 6.15. The van der Waals surface area contributed by atoms with E-state index in [4.69, 9.17) is 5.73 Å². The lowest BCUT2D eigenvalue weighted by molar-refractivity contribution is -0.394. The Hall–Kier alpha value is -4.84. The first-order valence-corrected chi connectivity index (χ1v) is 10.3. The van der Waals surface area contributed by atoms with Crippen molar-refractivity contribution in [1.82, 2.24) is 5.43 Å². The van der Waals surface area contributed by atoms with Crippen LogP contribution >= 0.6 is 0 Å². The highest BCUT2D eigenvalue weighted by molar-refractivity contribution is 5.99. The van der Waals surface area contributed by atoms with Crippen LogP contribution in [0.4, 0.5) is 22.7 Å². The number of likely N-dealkylation sites (N-methyl/N-ethyl adjacent to an activating group) is 1. The molecule has 0 saturated heterocycles. The zero-order chi connectivity index (χ0) is 25.5. The lowest BCUT2D eigenvalue weighted by Crippen LogP contribution is -2.48. The largest absolute Gasteiger partial charge is 0.326 e. The smallest absolute Gasteiger partial charge is 0.277 e.